The summed E-state index contributed by atoms with van der Waals surface area (Å²) in [6.07, 6.45) is 0. The first-order valence-corrected chi connectivity index (χ1v) is 10.3. The summed E-state index contributed by atoms with van der Waals surface area (Å²) in [5.41, 5.74) is 11.2. The molecule has 160 valence electrons. The zero-order valence-electron chi connectivity index (χ0n) is 18.3. The molecule has 0 fully saturated rings. The normalized spacial score (nSPS) is 10.3. The molecule has 3 N–H and O–H groups in total. The second kappa shape index (κ2) is 8.74. The molecule has 0 unspecified atom stereocenters. The number of aryl methyl sites for hydroxylation is 2. The first kappa shape index (κ1) is 21.4. The number of pyridine rings is 1. The van der Waals surface area contributed by atoms with Crippen LogP contribution >= 0.6 is 0 Å². The molecular weight excluding hydrogens is 410 g/mol. The number of aromatic amines is 1. The van der Waals surface area contributed by atoms with E-state index in [-0.39, 0.29) is 22.5 Å². The van der Waals surface area contributed by atoms with Crippen LogP contribution < -0.4 is 16.2 Å². The van der Waals surface area contributed by atoms with Gasteiger partial charge in [0.05, 0.1) is 0 Å². The van der Waals surface area contributed by atoms with Gasteiger partial charge in [0.15, 0.2) is 0 Å². The van der Waals surface area contributed by atoms with E-state index in [1.54, 1.807) is 12.1 Å². The summed E-state index contributed by atoms with van der Waals surface area (Å²) in [5, 5.41) is 19.1. The van der Waals surface area contributed by atoms with Crippen molar-refractivity contribution in [2.45, 2.75) is 13.8 Å². The number of H-pyrrole nitrogens is 1. The van der Waals surface area contributed by atoms with Gasteiger partial charge in [-0.25, -0.2) is 0 Å². The number of nitriles is 2. The Morgan fingerprint density at radius 3 is 1.82 bits per heavy atom. The lowest BCUT2D eigenvalue weighted by Gasteiger charge is -2.26. The number of nitrogens with two attached hydrogens (primary N) is 1. The van der Waals surface area contributed by atoms with E-state index >= 15 is 0 Å². The highest BCUT2D eigenvalue weighted by atomic mass is 16.1. The van der Waals surface area contributed by atoms with Gasteiger partial charge in [0, 0.05) is 22.6 Å². The molecular formula is C27H21N5O. The van der Waals surface area contributed by atoms with Crippen molar-refractivity contribution in [3.63, 3.8) is 0 Å². The number of nitrogen functional groups attached to an aromatic ring is 1. The third-order valence-corrected chi connectivity index (χ3v) is 5.40. The lowest BCUT2D eigenvalue weighted by atomic mass is 9.96. The molecule has 33 heavy (non-hydrogen) atoms. The molecule has 0 saturated carbocycles. The molecule has 0 amide bonds. The Hall–Kier alpha value is -4.81. The highest BCUT2D eigenvalue weighted by Crippen LogP contribution is 2.37. The molecule has 4 aromatic rings. The van der Waals surface area contributed by atoms with Crippen LogP contribution in [0.5, 0.6) is 0 Å². The van der Waals surface area contributed by atoms with E-state index < -0.39 is 5.56 Å². The molecule has 3 aromatic carbocycles. The molecule has 6 nitrogen and oxygen atoms in total. The summed E-state index contributed by atoms with van der Waals surface area (Å²) in [6.45, 7) is 4.09. The van der Waals surface area contributed by atoms with Gasteiger partial charge in [-0.15, -0.1) is 0 Å². The third-order valence-electron chi connectivity index (χ3n) is 5.40. The first-order chi connectivity index (χ1) is 15.9. The molecule has 0 atom stereocenters. The molecule has 1 aromatic heterocycles. The summed E-state index contributed by atoms with van der Waals surface area (Å²) in [4.78, 5) is 16.8. The van der Waals surface area contributed by atoms with E-state index in [9.17, 15) is 15.3 Å². The molecule has 0 radical (unpaired) electrons. The van der Waals surface area contributed by atoms with Gasteiger partial charge in [-0.1, -0.05) is 36.4 Å². The predicted octanol–water partition coefficient (Wildman–Crippen LogP) is 5.45. The highest BCUT2D eigenvalue weighted by molar-refractivity contribution is 5.83. The summed E-state index contributed by atoms with van der Waals surface area (Å²) in [5.74, 6) is -0.0540. The van der Waals surface area contributed by atoms with Gasteiger partial charge in [-0.05, 0) is 66.9 Å². The molecule has 1 heterocycles. The maximum atomic E-state index is 12.3. The van der Waals surface area contributed by atoms with Gasteiger partial charge >= 0.3 is 0 Å². The van der Waals surface area contributed by atoms with Crippen LogP contribution in [0.1, 0.15) is 22.3 Å². The smallest absolute Gasteiger partial charge is 0.268 e. The Bertz CT molecular complexity index is 1440. The molecule has 0 aliphatic rings. The van der Waals surface area contributed by atoms with Crippen LogP contribution in [0, 0.1) is 36.5 Å². The molecule has 0 spiro atoms. The average molecular weight is 431 g/mol. The number of nitrogens with zero attached hydrogens (tertiary/aromatic N) is 3. The monoisotopic (exact) mass is 431 g/mol. The van der Waals surface area contributed by atoms with Crippen LogP contribution in [0.15, 0.2) is 77.6 Å². The maximum Gasteiger partial charge on any atom is 0.268 e. The molecule has 4 rings (SSSR count). The Labute approximate surface area is 191 Å². The summed E-state index contributed by atoms with van der Waals surface area (Å²) >= 11 is 0. The van der Waals surface area contributed by atoms with E-state index in [1.165, 1.54) is 0 Å². The van der Waals surface area contributed by atoms with Crippen molar-refractivity contribution in [1.29, 1.82) is 10.5 Å². The Balaban J connectivity index is 1.88. The Kier molecular flexibility index (Phi) is 5.67. The first-order valence-electron chi connectivity index (χ1n) is 10.3. The molecule has 6 heteroatoms. The standard InChI is InChI=1S/C27H21N5O/c1-17-5-3-7-21(13-17)32(22-8-4-6-18(2)14-22)20-11-9-19(10-12-20)25-23(15-28)26(30)31-27(33)24(25)16-29/h3-14H,1-2H3,(H3,30,31,33). The van der Waals surface area contributed by atoms with Crippen LogP contribution in [0.25, 0.3) is 11.1 Å². The summed E-state index contributed by atoms with van der Waals surface area (Å²) in [6, 6.07) is 27.7. The number of aromatic nitrogens is 1. The summed E-state index contributed by atoms with van der Waals surface area (Å²) < 4.78 is 0. The number of hydrogen-bond acceptors (Lipinski definition) is 5. The van der Waals surface area contributed by atoms with Crippen molar-refractivity contribution in [3.05, 3.63) is 105 Å². The lowest BCUT2D eigenvalue weighted by molar-refractivity contribution is 1.21. The minimum absolute atomic E-state index is 0.0540. The predicted molar refractivity (Wildman–Crippen MR) is 130 cm³/mol. The van der Waals surface area contributed by atoms with E-state index in [0.29, 0.717) is 5.56 Å². The number of rotatable bonds is 4. The van der Waals surface area contributed by atoms with Gasteiger partial charge in [0.25, 0.3) is 5.56 Å². The van der Waals surface area contributed by atoms with Gasteiger partial charge in [0.1, 0.15) is 29.1 Å². The zero-order chi connectivity index (χ0) is 23.5. The number of hydrogen-bond donors (Lipinski definition) is 2. The number of anilines is 4. The topological polar surface area (TPSA) is 110 Å². The second-order valence-electron chi connectivity index (χ2n) is 7.78. The fourth-order valence-corrected chi connectivity index (χ4v) is 3.89. The van der Waals surface area contributed by atoms with E-state index in [2.05, 4.69) is 22.0 Å². The number of benzene rings is 3. The van der Waals surface area contributed by atoms with Crippen molar-refractivity contribution >= 4 is 22.9 Å². The van der Waals surface area contributed by atoms with Crippen LogP contribution in [0.2, 0.25) is 0 Å². The van der Waals surface area contributed by atoms with Gasteiger partial charge in [-0.3, -0.25) is 4.79 Å². The highest BCUT2D eigenvalue weighted by Gasteiger charge is 2.19. The van der Waals surface area contributed by atoms with E-state index in [4.69, 9.17) is 5.73 Å². The Morgan fingerprint density at radius 1 is 0.788 bits per heavy atom. The third kappa shape index (κ3) is 4.06. The fourth-order valence-electron chi connectivity index (χ4n) is 3.89. The van der Waals surface area contributed by atoms with E-state index in [0.717, 1.165) is 28.2 Å². The molecule has 0 aliphatic heterocycles. The van der Waals surface area contributed by atoms with Crippen LogP contribution in [-0.2, 0) is 0 Å². The average Bonchev–Trinajstić information content (AvgIpc) is 2.79. The van der Waals surface area contributed by atoms with Crippen molar-refractivity contribution < 1.29 is 0 Å². The fraction of sp³-hybridized carbons (Fsp3) is 0.0741. The molecule has 0 saturated heterocycles. The molecule has 0 aliphatic carbocycles. The summed E-state index contributed by atoms with van der Waals surface area (Å²) in [7, 11) is 0. The minimum Gasteiger partial charge on any atom is -0.384 e. The SMILES string of the molecule is Cc1cccc(N(c2ccc(-c3c(C#N)c(N)[nH]c(=O)c3C#N)cc2)c2cccc(C)c2)c1. The second-order valence-corrected chi connectivity index (χ2v) is 7.78. The van der Waals surface area contributed by atoms with Gasteiger partial charge < -0.3 is 15.6 Å². The van der Waals surface area contributed by atoms with Crippen molar-refractivity contribution in [2.75, 3.05) is 10.6 Å². The van der Waals surface area contributed by atoms with Crippen LogP contribution in [0.3, 0.4) is 0 Å². The van der Waals surface area contributed by atoms with Crippen LogP contribution in [0.4, 0.5) is 22.9 Å². The maximum absolute atomic E-state index is 12.3. The quantitative estimate of drug-likeness (QED) is 0.446. The lowest BCUT2D eigenvalue weighted by Crippen LogP contribution is -2.16. The zero-order valence-corrected chi connectivity index (χ0v) is 18.3. The van der Waals surface area contributed by atoms with Crippen molar-refractivity contribution in [3.8, 4) is 23.3 Å². The van der Waals surface area contributed by atoms with Gasteiger partial charge in [0.2, 0.25) is 0 Å². The number of nitrogens with one attached hydrogen (secondary N) is 1. The van der Waals surface area contributed by atoms with Crippen LogP contribution in [-0.4, -0.2) is 4.98 Å². The van der Waals surface area contributed by atoms with E-state index in [1.807, 2.05) is 74.5 Å². The largest absolute Gasteiger partial charge is 0.384 e. The van der Waals surface area contributed by atoms with Gasteiger partial charge in [-0.2, -0.15) is 10.5 Å². The van der Waals surface area contributed by atoms with Crippen molar-refractivity contribution in [2.24, 2.45) is 0 Å². The molecule has 0 bridgehead atoms. The minimum atomic E-state index is -0.616. The Morgan fingerprint density at radius 2 is 1.33 bits per heavy atom. The van der Waals surface area contributed by atoms with Crippen molar-refractivity contribution in [1.82, 2.24) is 4.98 Å².